The van der Waals surface area contributed by atoms with Gasteiger partial charge in [-0.2, -0.15) is 0 Å². The van der Waals surface area contributed by atoms with Gasteiger partial charge in [0.15, 0.2) is 5.96 Å². The number of methoxy groups -OCH3 is 1. The minimum atomic E-state index is 0.204. The SMILES string of the molecule is COCc1ccccc1NC(N)=NCc1ccc(N2CCCCC2=O)cc1. The quantitative estimate of drug-likeness (QED) is 0.607. The second kappa shape index (κ2) is 9.19. The van der Waals surface area contributed by atoms with E-state index >= 15 is 0 Å². The summed E-state index contributed by atoms with van der Waals surface area (Å²) in [6, 6.07) is 15.8. The highest BCUT2D eigenvalue weighted by atomic mass is 16.5. The summed E-state index contributed by atoms with van der Waals surface area (Å²) in [5, 5.41) is 3.13. The summed E-state index contributed by atoms with van der Waals surface area (Å²) in [5.74, 6) is 0.559. The molecule has 1 aliphatic rings. The summed E-state index contributed by atoms with van der Waals surface area (Å²) >= 11 is 0. The van der Waals surface area contributed by atoms with E-state index in [1.807, 2.05) is 53.4 Å². The van der Waals surface area contributed by atoms with Gasteiger partial charge in [-0.25, -0.2) is 4.99 Å². The predicted octanol–water partition coefficient (Wildman–Crippen LogP) is 3.28. The molecule has 3 N–H and O–H groups in total. The molecule has 1 fully saturated rings. The van der Waals surface area contributed by atoms with E-state index in [9.17, 15) is 4.79 Å². The van der Waals surface area contributed by atoms with E-state index in [0.29, 0.717) is 25.5 Å². The first kappa shape index (κ1) is 18.9. The van der Waals surface area contributed by atoms with E-state index in [1.165, 1.54) is 0 Å². The van der Waals surface area contributed by atoms with Crippen LogP contribution in [0.2, 0.25) is 0 Å². The summed E-state index contributed by atoms with van der Waals surface area (Å²) in [6.45, 7) is 1.78. The van der Waals surface area contributed by atoms with E-state index in [4.69, 9.17) is 10.5 Å². The van der Waals surface area contributed by atoms with Crippen molar-refractivity contribution in [3.8, 4) is 0 Å². The van der Waals surface area contributed by atoms with Gasteiger partial charge >= 0.3 is 0 Å². The lowest BCUT2D eigenvalue weighted by Crippen LogP contribution is -2.35. The number of piperidine rings is 1. The maximum Gasteiger partial charge on any atom is 0.226 e. The molecule has 1 heterocycles. The second-order valence-corrected chi connectivity index (χ2v) is 6.59. The standard InChI is InChI=1S/C21H26N4O2/c1-27-15-17-6-2-3-7-19(17)24-21(22)23-14-16-9-11-18(12-10-16)25-13-5-4-8-20(25)26/h2-3,6-7,9-12H,4-5,8,13-15H2,1H3,(H3,22,23,24). The molecule has 2 aromatic carbocycles. The van der Waals surface area contributed by atoms with Gasteiger partial charge in [0.1, 0.15) is 0 Å². The van der Waals surface area contributed by atoms with Gasteiger partial charge in [-0.15, -0.1) is 0 Å². The molecule has 0 unspecified atom stereocenters. The van der Waals surface area contributed by atoms with E-state index < -0.39 is 0 Å². The van der Waals surface area contributed by atoms with Crippen molar-refractivity contribution in [1.29, 1.82) is 0 Å². The molecular weight excluding hydrogens is 340 g/mol. The zero-order chi connectivity index (χ0) is 19.1. The Morgan fingerprint density at radius 3 is 2.70 bits per heavy atom. The van der Waals surface area contributed by atoms with Crippen LogP contribution in [0.15, 0.2) is 53.5 Å². The molecule has 6 nitrogen and oxygen atoms in total. The van der Waals surface area contributed by atoms with Crippen LogP contribution in [0.4, 0.5) is 11.4 Å². The number of amides is 1. The molecule has 2 aromatic rings. The van der Waals surface area contributed by atoms with Gasteiger partial charge in [-0.3, -0.25) is 4.79 Å². The van der Waals surface area contributed by atoms with Crippen molar-refractivity contribution in [2.45, 2.75) is 32.4 Å². The van der Waals surface area contributed by atoms with Crippen LogP contribution in [-0.2, 0) is 22.7 Å². The normalized spacial score (nSPS) is 15.1. The maximum absolute atomic E-state index is 12.0. The average molecular weight is 366 g/mol. The lowest BCUT2D eigenvalue weighted by Gasteiger charge is -2.26. The van der Waals surface area contributed by atoms with Crippen LogP contribution in [0.3, 0.4) is 0 Å². The number of carbonyl (C=O) groups is 1. The average Bonchev–Trinajstić information content (AvgIpc) is 2.69. The van der Waals surface area contributed by atoms with E-state index in [0.717, 1.165) is 41.9 Å². The number of rotatable bonds is 6. The lowest BCUT2D eigenvalue weighted by atomic mass is 10.1. The molecule has 27 heavy (non-hydrogen) atoms. The third kappa shape index (κ3) is 5.08. The van der Waals surface area contributed by atoms with Crippen LogP contribution in [0, 0.1) is 0 Å². The largest absolute Gasteiger partial charge is 0.380 e. The molecule has 142 valence electrons. The molecule has 0 aliphatic carbocycles. The van der Waals surface area contributed by atoms with Gasteiger partial charge < -0.3 is 20.7 Å². The van der Waals surface area contributed by atoms with Crippen LogP contribution in [-0.4, -0.2) is 25.5 Å². The zero-order valence-electron chi connectivity index (χ0n) is 15.6. The number of para-hydroxylation sites is 1. The molecule has 1 amide bonds. The molecule has 0 radical (unpaired) electrons. The molecule has 0 bridgehead atoms. The molecule has 0 spiro atoms. The summed E-state index contributed by atoms with van der Waals surface area (Å²) in [4.78, 5) is 18.3. The Kier molecular flexibility index (Phi) is 6.44. The number of hydrogen-bond acceptors (Lipinski definition) is 3. The molecule has 0 atom stereocenters. The third-order valence-corrected chi connectivity index (χ3v) is 4.58. The molecule has 1 saturated heterocycles. The van der Waals surface area contributed by atoms with Gasteiger partial charge in [0.25, 0.3) is 0 Å². The van der Waals surface area contributed by atoms with Gasteiger partial charge in [0, 0.05) is 37.0 Å². The van der Waals surface area contributed by atoms with Crippen LogP contribution in [0.5, 0.6) is 0 Å². The van der Waals surface area contributed by atoms with Crippen molar-refractivity contribution < 1.29 is 9.53 Å². The monoisotopic (exact) mass is 366 g/mol. The number of nitrogens with zero attached hydrogens (tertiary/aromatic N) is 2. The van der Waals surface area contributed by atoms with E-state index in [-0.39, 0.29) is 5.91 Å². The van der Waals surface area contributed by atoms with Crippen LogP contribution in [0.1, 0.15) is 30.4 Å². The molecular formula is C21H26N4O2. The number of hydrogen-bond donors (Lipinski definition) is 2. The maximum atomic E-state index is 12.0. The minimum Gasteiger partial charge on any atom is -0.380 e. The highest BCUT2D eigenvalue weighted by molar-refractivity contribution is 5.94. The van der Waals surface area contributed by atoms with E-state index in [2.05, 4.69) is 10.3 Å². The number of aliphatic imine (C=N–C) groups is 1. The topological polar surface area (TPSA) is 80.0 Å². The van der Waals surface area contributed by atoms with Crippen molar-refractivity contribution in [3.05, 3.63) is 59.7 Å². The Labute approximate surface area is 160 Å². The van der Waals surface area contributed by atoms with Gasteiger partial charge in [-0.1, -0.05) is 30.3 Å². The third-order valence-electron chi connectivity index (χ3n) is 4.58. The number of anilines is 2. The number of ether oxygens (including phenoxy) is 1. The molecule has 1 aliphatic heterocycles. The smallest absolute Gasteiger partial charge is 0.226 e. The second-order valence-electron chi connectivity index (χ2n) is 6.59. The highest BCUT2D eigenvalue weighted by Crippen LogP contribution is 2.21. The van der Waals surface area contributed by atoms with E-state index in [1.54, 1.807) is 7.11 Å². The molecule has 0 saturated carbocycles. The fourth-order valence-electron chi connectivity index (χ4n) is 3.14. The van der Waals surface area contributed by atoms with Gasteiger partial charge in [0.2, 0.25) is 5.91 Å². The molecule has 3 rings (SSSR count). The van der Waals surface area contributed by atoms with Crippen LogP contribution >= 0.6 is 0 Å². The predicted molar refractivity (Wildman–Crippen MR) is 109 cm³/mol. The summed E-state index contributed by atoms with van der Waals surface area (Å²) in [7, 11) is 1.66. The molecule has 0 aromatic heterocycles. The summed E-state index contributed by atoms with van der Waals surface area (Å²) in [6.07, 6.45) is 2.69. The number of guanidine groups is 1. The van der Waals surface area contributed by atoms with Crippen molar-refractivity contribution >= 4 is 23.2 Å². The van der Waals surface area contributed by atoms with Crippen molar-refractivity contribution in [3.63, 3.8) is 0 Å². The van der Waals surface area contributed by atoms with Crippen molar-refractivity contribution in [2.24, 2.45) is 10.7 Å². The fraction of sp³-hybridized carbons (Fsp3) is 0.333. The summed E-state index contributed by atoms with van der Waals surface area (Å²) in [5.41, 5.74) is 9.93. The Bertz CT molecular complexity index is 802. The number of carbonyl (C=O) groups excluding carboxylic acids is 1. The first-order valence-corrected chi connectivity index (χ1v) is 9.20. The number of nitrogens with one attached hydrogen (secondary N) is 1. The van der Waals surface area contributed by atoms with Gasteiger partial charge in [0.05, 0.1) is 13.2 Å². The van der Waals surface area contributed by atoms with Crippen molar-refractivity contribution in [2.75, 3.05) is 23.9 Å². The van der Waals surface area contributed by atoms with Crippen molar-refractivity contribution in [1.82, 2.24) is 0 Å². The minimum absolute atomic E-state index is 0.204. The fourth-order valence-corrected chi connectivity index (χ4v) is 3.14. The first-order chi connectivity index (χ1) is 13.2. The zero-order valence-corrected chi connectivity index (χ0v) is 15.6. The first-order valence-electron chi connectivity index (χ1n) is 9.20. The van der Waals surface area contributed by atoms with Crippen LogP contribution < -0.4 is 16.0 Å². The summed E-state index contributed by atoms with van der Waals surface area (Å²) < 4.78 is 5.20. The Morgan fingerprint density at radius 1 is 1.19 bits per heavy atom. The Hall–Kier alpha value is -2.86. The lowest BCUT2D eigenvalue weighted by molar-refractivity contribution is -0.119. The Morgan fingerprint density at radius 2 is 1.96 bits per heavy atom. The van der Waals surface area contributed by atoms with Crippen LogP contribution in [0.25, 0.3) is 0 Å². The highest BCUT2D eigenvalue weighted by Gasteiger charge is 2.19. The Balaban J connectivity index is 1.61. The molecule has 6 heteroatoms. The number of nitrogens with two attached hydrogens (primary N) is 1. The van der Waals surface area contributed by atoms with Gasteiger partial charge in [-0.05, 0) is 36.6 Å². The number of benzene rings is 2.